The van der Waals surface area contributed by atoms with Crippen molar-refractivity contribution in [2.75, 3.05) is 6.61 Å². The molecule has 0 radical (unpaired) electrons. The Balaban J connectivity index is 2.89. The molecular weight excluding hydrogens is 194 g/mol. The van der Waals surface area contributed by atoms with Gasteiger partial charge in [-0.2, -0.15) is 0 Å². The molecular formula is C9H10F2O3. The van der Waals surface area contributed by atoms with Crippen LogP contribution in [0.1, 0.15) is 13.3 Å². The molecule has 14 heavy (non-hydrogen) atoms. The van der Waals surface area contributed by atoms with E-state index in [1.807, 2.05) is 0 Å². The summed E-state index contributed by atoms with van der Waals surface area (Å²) >= 11 is 0. The Morgan fingerprint density at radius 1 is 1.79 bits per heavy atom. The van der Waals surface area contributed by atoms with Crippen LogP contribution in [-0.4, -0.2) is 23.5 Å². The minimum Gasteiger partial charge on any atom is -0.478 e. The molecule has 1 unspecified atom stereocenters. The summed E-state index contributed by atoms with van der Waals surface area (Å²) in [4.78, 5) is 10.5. The lowest BCUT2D eigenvalue weighted by Gasteiger charge is -2.24. The van der Waals surface area contributed by atoms with Crippen molar-refractivity contribution < 1.29 is 23.4 Å². The Morgan fingerprint density at radius 2 is 2.43 bits per heavy atom. The van der Waals surface area contributed by atoms with Crippen molar-refractivity contribution in [2.45, 2.75) is 19.2 Å². The van der Waals surface area contributed by atoms with E-state index in [0.29, 0.717) is 0 Å². The van der Waals surface area contributed by atoms with Crippen molar-refractivity contribution in [3.8, 4) is 0 Å². The molecule has 1 aliphatic rings. The lowest BCUT2D eigenvalue weighted by Crippen LogP contribution is -2.29. The van der Waals surface area contributed by atoms with Gasteiger partial charge in [-0.15, -0.1) is 0 Å². The number of carbonyl (C=O) groups is 1. The van der Waals surface area contributed by atoms with E-state index in [2.05, 4.69) is 4.74 Å². The van der Waals surface area contributed by atoms with Crippen molar-refractivity contribution in [1.82, 2.24) is 0 Å². The van der Waals surface area contributed by atoms with Gasteiger partial charge in [0, 0.05) is 13.0 Å². The smallest absolute Gasteiger partial charge is 0.334 e. The maximum Gasteiger partial charge on any atom is 0.334 e. The molecule has 3 nitrogen and oxygen atoms in total. The van der Waals surface area contributed by atoms with E-state index in [4.69, 9.17) is 5.11 Å². The highest BCUT2D eigenvalue weighted by molar-refractivity contribution is 5.88. The second kappa shape index (κ2) is 3.88. The maximum atomic E-state index is 13.6. The van der Waals surface area contributed by atoms with Gasteiger partial charge >= 0.3 is 5.97 Å². The fourth-order valence-electron chi connectivity index (χ4n) is 1.20. The molecule has 0 aromatic rings. The molecule has 0 fully saturated rings. The highest BCUT2D eigenvalue weighted by Gasteiger charge is 2.35. The van der Waals surface area contributed by atoms with Gasteiger partial charge in [0.15, 0.2) is 0 Å². The number of carboxylic acids is 1. The van der Waals surface area contributed by atoms with Crippen LogP contribution in [-0.2, 0) is 9.53 Å². The average Bonchev–Trinajstić information content (AvgIpc) is 2.10. The van der Waals surface area contributed by atoms with Crippen molar-refractivity contribution >= 4 is 5.97 Å². The zero-order valence-electron chi connectivity index (χ0n) is 7.59. The summed E-state index contributed by atoms with van der Waals surface area (Å²) in [5.41, 5.74) is -0.594. The standard InChI is InChI=1S/C9H10F2O3/c1-2-14-9(11)4-3-7(10)6(5-9)8(12)13/h3-4H,2,5H2,1H3,(H,12,13). The van der Waals surface area contributed by atoms with Gasteiger partial charge in [0.05, 0.1) is 5.57 Å². The summed E-state index contributed by atoms with van der Waals surface area (Å²) in [5.74, 6) is -4.59. The lowest BCUT2D eigenvalue weighted by molar-refractivity contribution is -0.137. The number of allylic oxidation sites excluding steroid dienone is 2. The van der Waals surface area contributed by atoms with Gasteiger partial charge in [-0.05, 0) is 19.1 Å². The molecule has 1 rings (SSSR count). The molecule has 0 heterocycles. The van der Waals surface area contributed by atoms with Crippen LogP contribution >= 0.6 is 0 Å². The minimum absolute atomic E-state index is 0.0926. The third-order valence-corrected chi connectivity index (χ3v) is 1.83. The number of alkyl halides is 1. The van der Waals surface area contributed by atoms with Crippen LogP contribution < -0.4 is 0 Å². The predicted octanol–water partition coefficient (Wildman–Crippen LogP) is 1.96. The number of halogens is 2. The molecule has 1 N–H and O–H groups in total. The Hall–Kier alpha value is -1.23. The van der Waals surface area contributed by atoms with E-state index in [9.17, 15) is 13.6 Å². The summed E-state index contributed by atoms with van der Waals surface area (Å²) in [5, 5.41) is 8.56. The minimum atomic E-state index is -2.20. The second-order valence-corrected chi connectivity index (χ2v) is 2.86. The van der Waals surface area contributed by atoms with E-state index in [1.54, 1.807) is 6.92 Å². The van der Waals surface area contributed by atoms with Gasteiger partial charge in [0.1, 0.15) is 5.83 Å². The van der Waals surface area contributed by atoms with Gasteiger partial charge in [-0.25, -0.2) is 13.6 Å². The van der Waals surface area contributed by atoms with Crippen LogP contribution in [0.25, 0.3) is 0 Å². The van der Waals surface area contributed by atoms with Gasteiger partial charge in [0.25, 0.3) is 0 Å². The molecule has 0 bridgehead atoms. The molecule has 1 atom stereocenters. The number of rotatable bonds is 3. The summed E-state index contributed by atoms with van der Waals surface area (Å²) in [6.07, 6.45) is 1.07. The molecule has 0 spiro atoms. The van der Waals surface area contributed by atoms with Crippen molar-refractivity contribution in [3.63, 3.8) is 0 Å². The number of aliphatic carboxylic acids is 1. The first kappa shape index (κ1) is 10.8. The Morgan fingerprint density at radius 3 is 2.93 bits per heavy atom. The zero-order chi connectivity index (χ0) is 10.8. The van der Waals surface area contributed by atoms with Crippen LogP contribution in [0.2, 0.25) is 0 Å². The summed E-state index contributed by atoms with van der Waals surface area (Å²) < 4.78 is 31.1. The van der Waals surface area contributed by atoms with E-state index >= 15 is 0 Å². The van der Waals surface area contributed by atoms with Crippen LogP contribution in [0.5, 0.6) is 0 Å². The topological polar surface area (TPSA) is 46.5 Å². The zero-order valence-corrected chi connectivity index (χ0v) is 7.59. The number of ether oxygens (including phenoxy) is 1. The van der Waals surface area contributed by atoms with Crippen LogP contribution in [0.15, 0.2) is 23.6 Å². The quantitative estimate of drug-likeness (QED) is 0.764. The van der Waals surface area contributed by atoms with Gasteiger partial charge in [-0.3, -0.25) is 0 Å². The third kappa shape index (κ3) is 2.17. The Labute approximate surface area is 79.7 Å². The van der Waals surface area contributed by atoms with E-state index in [1.165, 1.54) is 0 Å². The molecule has 0 amide bonds. The molecule has 0 saturated carbocycles. The summed E-state index contributed by atoms with van der Waals surface area (Å²) in [6.45, 7) is 1.67. The first-order chi connectivity index (χ1) is 6.48. The molecule has 0 aliphatic heterocycles. The highest BCUT2D eigenvalue weighted by atomic mass is 19.2. The van der Waals surface area contributed by atoms with Gasteiger partial charge < -0.3 is 9.84 Å². The second-order valence-electron chi connectivity index (χ2n) is 2.86. The number of hydrogen-bond acceptors (Lipinski definition) is 2. The van der Waals surface area contributed by atoms with Crippen LogP contribution in [0.4, 0.5) is 8.78 Å². The Kier molecular flexibility index (Phi) is 3.00. The van der Waals surface area contributed by atoms with Crippen LogP contribution in [0.3, 0.4) is 0 Å². The maximum absolute atomic E-state index is 13.6. The van der Waals surface area contributed by atoms with Crippen molar-refractivity contribution in [3.05, 3.63) is 23.6 Å². The first-order valence-corrected chi connectivity index (χ1v) is 4.12. The van der Waals surface area contributed by atoms with E-state index in [-0.39, 0.29) is 6.61 Å². The highest BCUT2D eigenvalue weighted by Crippen LogP contribution is 2.32. The summed E-state index contributed by atoms with van der Waals surface area (Å²) in [7, 11) is 0. The molecule has 78 valence electrons. The number of hydrogen-bond donors (Lipinski definition) is 1. The predicted molar refractivity (Wildman–Crippen MR) is 45.0 cm³/mol. The molecule has 0 aromatic carbocycles. The van der Waals surface area contributed by atoms with E-state index in [0.717, 1.165) is 12.2 Å². The van der Waals surface area contributed by atoms with Crippen molar-refractivity contribution in [2.24, 2.45) is 0 Å². The fourth-order valence-corrected chi connectivity index (χ4v) is 1.20. The van der Waals surface area contributed by atoms with E-state index < -0.39 is 29.6 Å². The normalized spacial score (nSPS) is 26.8. The van der Waals surface area contributed by atoms with Crippen molar-refractivity contribution in [1.29, 1.82) is 0 Å². The largest absolute Gasteiger partial charge is 0.478 e. The molecule has 5 heteroatoms. The Bertz CT molecular complexity index is 309. The third-order valence-electron chi connectivity index (χ3n) is 1.83. The van der Waals surface area contributed by atoms with Gasteiger partial charge in [0.2, 0.25) is 5.85 Å². The summed E-state index contributed by atoms with van der Waals surface area (Å²) in [6, 6.07) is 0. The lowest BCUT2D eigenvalue weighted by atomic mass is 10.00. The fraction of sp³-hybridized carbons (Fsp3) is 0.444. The van der Waals surface area contributed by atoms with Crippen LogP contribution in [0, 0.1) is 0 Å². The molecule has 0 aromatic heterocycles. The SMILES string of the molecule is CCOC1(F)C=CC(F)=C(C(=O)O)C1. The number of carboxylic acid groups (broad SMARTS) is 1. The molecule has 1 aliphatic carbocycles. The first-order valence-electron chi connectivity index (χ1n) is 4.12. The monoisotopic (exact) mass is 204 g/mol. The average molecular weight is 204 g/mol. The van der Waals surface area contributed by atoms with Gasteiger partial charge in [-0.1, -0.05) is 0 Å². The molecule has 0 saturated heterocycles.